The van der Waals surface area contributed by atoms with Gasteiger partial charge < -0.3 is 14.7 Å². The van der Waals surface area contributed by atoms with Crippen molar-refractivity contribution in [3.05, 3.63) is 35.6 Å². The second kappa shape index (κ2) is 6.51. The van der Waals surface area contributed by atoms with Crippen molar-refractivity contribution in [2.45, 2.75) is 25.7 Å². The zero-order valence-corrected chi connectivity index (χ0v) is 13.7. The summed E-state index contributed by atoms with van der Waals surface area (Å²) in [5.74, 6) is -1.38. The maximum absolute atomic E-state index is 13.0. The summed E-state index contributed by atoms with van der Waals surface area (Å²) < 4.78 is 18.4. The standard InChI is InChI=1S/C18H22FNO4/c1-12(13-2-4-15(19)5-3-13)8-16(21)20-9-14-10-24-7-6-18(14,11-20)17(22)23/h2-5,12,14H,6-11H2,1H3,(H,22,23)/t12?,14-,18+/m0/s1. The molecule has 1 aromatic rings. The number of likely N-dealkylation sites (tertiary alicyclic amines) is 1. The van der Waals surface area contributed by atoms with Crippen LogP contribution < -0.4 is 0 Å². The second-order valence-electron chi connectivity index (χ2n) is 6.91. The maximum atomic E-state index is 13.0. The molecule has 2 saturated heterocycles. The zero-order valence-electron chi connectivity index (χ0n) is 13.7. The van der Waals surface area contributed by atoms with Crippen molar-refractivity contribution in [3.63, 3.8) is 0 Å². The molecule has 3 rings (SSSR count). The van der Waals surface area contributed by atoms with E-state index in [0.29, 0.717) is 26.2 Å². The predicted molar refractivity (Wildman–Crippen MR) is 85.0 cm³/mol. The van der Waals surface area contributed by atoms with Crippen molar-refractivity contribution in [3.8, 4) is 0 Å². The predicted octanol–water partition coefficient (Wildman–Crippen LogP) is 2.27. The highest BCUT2D eigenvalue weighted by atomic mass is 19.1. The van der Waals surface area contributed by atoms with Crippen molar-refractivity contribution in [2.24, 2.45) is 11.3 Å². The van der Waals surface area contributed by atoms with E-state index in [2.05, 4.69) is 0 Å². The van der Waals surface area contributed by atoms with Crippen LogP contribution in [0.2, 0.25) is 0 Å². The van der Waals surface area contributed by atoms with Gasteiger partial charge in [0, 0.05) is 32.0 Å². The van der Waals surface area contributed by atoms with Crippen LogP contribution in [0.4, 0.5) is 4.39 Å². The van der Waals surface area contributed by atoms with E-state index in [1.807, 2.05) is 6.92 Å². The molecule has 1 amide bonds. The van der Waals surface area contributed by atoms with Gasteiger partial charge in [-0.15, -0.1) is 0 Å². The van der Waals surface area contributed by atoms with Crippen molar-refractivity contribution in [2.75, 3.05) is 26.3 Å². The second-order valence-corrected chi connectivity index (χ2v) is 6.91. The van der Waals surface area contributed by atoms with Gasteiger partial charge in [0.15, 0.2) is 0 Å². The van der Waals surface area contributed by atoms with E-state index in [4.69, 9.17) is 4.74 Å². The van der Waals surface area contributed by atoms with Crippen molar-refractivity contribution in [1.82, 2.24) is 4.90 Å². The molecule has 0 saturated carbocycles. The largest absolute Gasteiger partial charge is 0.481 e. The molecule has 1 aromatic carbocycles. The third-order valence-corrected chi connectivity index (χ3v) is 5.41. The van der Waals surface area contributed by atoms with Crippen LogP contribution in [-0.4, -0.2) is 48.2 Å². The van der Waals surface area contributed by atoms with Gasteiger partial charge in [-0.25, -0.2) is 4.39 Å². The molecule has 1 N–H and O–H groups in total. The van der Waals surface area contributed by atoms with Gasteiger partial charge in [0.2, 0.25) is 5.91 Å². The first-order valence-corrected chi connectivity index (χ1v) is 8.27. The van der Waals surface area contributed by atoms with Crippen LogP contribution in [0, 0.1) is 17.2 Å². The lowest BCUT2D eigenvalue weighted by Gasteiger charge is -2.33. The highest BCUT2D eigenvalue weighted by Gasteiger charge is 2.54. The van der Waals surface area contributed by atoms with E-state index in [9.17, 15) is 19.1 Å². The third kappa shape index (κ3) is 3.02. The number of amides is 1. The average molecular weight is 335 g/mol. The monoisotopic (exact) mass is 335 g/mol. The molecule has 2 fully saturated rings. The Hall–Kier alpha value is -1.95. The van der Waals surface area contributed by atoms with Crippen molar-refractivity contribution >= 4 is 11.9 Å². The Kier molecular flexibility index (Phi) is 4.58. The van der Waals surface area contributed by atoms with E-state index in [1.54, 1.807) is 17.0 Å². The third-order valence-electron chi connectivity index (χ3n) is 5.41. The van der Waals surface area contributed by atoms with Crippen molar-refractivity contribution < 1.29 is 23.8 Å². The van der Waals surface area contributed by atoms with E-state index < -0.39 is 11.4 Å². The summed E-state index contributed by atoms with van der Waals surface area (Å²) in [6.45, 7) is 3.43. The first kappa shape index (κ1) is 16.9. The molecule has 0 spiro atoms. The molecule has 24 heavy (non-hydrogen) atoms. The SMILES string of the molecule is CC(CC(=O)N1C[C@H]2COCC[C@@]2(C(=O)O)C1)c1ccc(F)cc1. The van der Waals surface area contributed by atoms with Gasteiger partial charge in [0.05, 0.1) is 12.0 Å². The number of rotatable bonds is 4. The van der Waals surface area contributed by atoms with Gasteiger partial charge in [-0.3, -0.25) is 9.59 Å². The minimum Gasteiger partial charge on any atom is -0.481 e. The van der Waals surface area contributed by atoms with Crippen LogP contribution in [0.3, 0.4) is 0 Å². The number of benzene rings is 1. The lowest BCUT2D eigenvalue weighted by Crippen LogP contribution is -2.45. The number of carbonyl (C=O) groups excluding carboxylic acids is 1. The zero-order chi connectivity index (χ0) is 17.3. The summed E-state index contributed by atoms with van der Waals surface area (Å²) in [5, 5.41) is 9.66. The molecule has 3 atom stereocenters. The van der Waals surface area contributed by atoms with Crippen LogP contribution >= 0.6 is 0 Å². The molecule has 1 unspecified atom stereocenters. The smallest absolute Gasteiger partial charge is 0.311 e. The van der Waals surface area contributed by atoms with Crippen LogP contribution in [0.5, 0.6) is 0 Å². The Morgan fingerprint density at radius 1 is 1.42 bits per heavy atom. The molecule has 5 nitrogen and oxygen atoms in total. The number of aliphatic carboxylic acids is 1. The average Bonchev–Trinajstić information content (AvgIpc) is 2.96. The lowest BCUT2D eigenvalue weighted by molar-refractivity contribution is -0.157. The normalized spacial score (nSPS) is 27.6. The molecular formula is C18H22FNO4. The molecule has 6 heteroatoms. The number of hydrogen-bond acceptors (Lipinski definition) is 3. The fourth-order valence-corrected chi connectivity index (χ4v) is 3.79. The highest BCUT2D eigenvalue weighted by Crippen LogP contribution is 2.42. The number of carboxylic acid groups (broad SMARTS) is 1. The Labute approximate surface area is 140 Å². The number of carbonyl (C=O) groups is 2. The van der Waals surface area contributed by atoms with Crippen molar-refractivity contribution in [1.29, 1.82) is 0 Å². The van der Waals surface area contributed by atoms with Gasteiger partial charge in [-0.2, -0.15) is 0 Å². The van der Waals surface area contributed by atoms with E-state index in [0.717, 1.165) is 5.56 Å². The minimum atomic E-state index is -0.868. The highest BCUT2D eigenvalue weighted by molar-refractivity contribution is 5.81. The molecule has 0 aromatic heterocycles. The molecule has 2 heterocycles. The molecule has 2 aliphatic heterocycles. The molecule has 130 valence electrons. The van der Waals surface area contributed by atoms with Crippen LogP contribution in [0.25, 0.3) is 0 Å². The number of ether oxygens (including phenoxy) is 1. The summed E-state index contributed by atoms with van der Waals surface area (Å²) in [4.78, 5) is 26.1. The molecule has 0 radical (unpaired) electrons. The summed E-state index contributed by atoms with van der Waals surface area (Å²) in [6, 6.07) is 6.14. The molecule has 0 bridgehead atoms. The van der Waals surface area contributed by atoms with Crippen LogP contribution in [0.15, 0.2) is 24.3 Å². The van der Waals surface area contributed by atoms with Crippen LogP contribution in [0.1, 0.15) is 31.2 Å². The molecule has 0 aliphatic carbocycles. The van der Waals surface area contributed by atoms with E-state index >= 15 is 0 Å². The number of hydrogen-bond donors (Lipinski definition) is 1. The van der Waals surface area contributed by atoms with Crippen LogP contribution in [-0.2, 0) is 14.3 Å². The number of fused-ring (bicyclic) bond motifs is 1. The Balaban J connectivity index is 1.67. The van der Waals surface area contributed by atoms with Gasteiger partial charge in [-0.1, -0.05) is 19.1 Å². The first-order valence-electron chi connectivity index (χ1n) is 8.27. The Bertz CT molecular complexity index is 632. The summed E-state index contributed by atoms with van der Waals surface area (Å²) in [7, 11) is 0. The molecule has 2 aliphatic rings. The Morgan fingerprint density at radius 3 is 2.75 bits per heavy atom. The molecular weight excluding hydrogens is 313 g/mol. The fourth-order valence-electron chi connectivity index (χ4n) is 3.79. The van der Waals surface area contributed by atoms with E-state index in [1.165, 1.54) is 12.1 Å². The number of nitrogens with zero attached hydrogens (tertiary/aromatic N) is 1. The summed E-state index contributed by atoms with van der Waals surface area (Å²) in [5.41, 5.74) is 0.0326. The fraction of sp³-hybridized carbons (Fsp3) is 0.556. The van der Waals surface area contributed by atoms with Gasteiger partial charge in [0.1, 0.15) is 5.82 Å². The number of halogens is 1. The quantitative estimate of drug-likeness (QED) is 0.917. The number of carboxylic acids is 1. The maximum Gasteiger partial charge on any atom is 0.311 e. The Morgan fingerprint density at radius 2 is 2.12 bits per heavy atom. The summed E-state index contributed by atoms with van der Waals surface area (Å²) in [6.07, 6.45) is 0.735. The lowest BCUT2D eigenvalue weighted by atomic mass is 9.74. The summed E-state index contributed by atoms with van der Waals surface area (Å²) >= 11 is 0. The first-order chi connectivity index (χ1) is 11.4. The van der Waals surface area contributed by atoms with Gasteiger partial charge in [0.25, 0.3) is 0 Å². The minimum absolute atomic E-state index is 0.0437. The van der Waals surface area contributed by atoms with Gasteiger partial charge >= 0.3 is 5.97 Å². The topological polar surface area (TPSA) is 66.8 Å². The van der Waals surface area contributed by atoms with E-state index in [-0.39, 0.29) is 36.5 Å². The van der Waals surface area contributed by atoms with Gasteiger partial charge in [-0.05, 0) is 30.0 Å².